The monoisotopic (exact) mass is 385 g/mol. The second kappa shape index (κ2) is 8.38. The lowest BCUT2D eigenvalue weighted by Crippen LogP contribution is -2.43. The van der Waals surface area contributed by atoms with Gasteiger partial charge in [0.05, 0.1) is 24.5 Å². The Hall–Kier alpha value is -2.29. The molecule has 2 saturated heterocycles. The van der Waals surface area contributed by atoms with Crippen LogP contribution in [0.1, 0.15) is 36.4 Å². The van der Waals surface area contributed by atoms with Crippen LogP contribution in [0.15, 0.2) is 30.6 Å². The van der Waals surface area contributed by atoms with Crippen molar-refractivity contribution in [1.29, 1.82) is 0 Å². The van der Waals surface area contributed by atoms with E-state index in [1.165, 1.54) is 0 Å². The van der Waals surface area contributed by atoms with Crippen LogP contribution in [0, 0.1) is 0 Å². The van der Waals surface area contributed by atoms with Gasteiger partial charge in [0.1, 0.15) is 5.82 Å². The van der Waals surface area contributed by atoms with Crippen LogP contribution >= 0.6 is 0 Å². The van der Waals surface area contributed by atoms with Crippen molar-refractivity contribution in [2.45, 2.75) is 30.8 Å². The van der Waals surface area contributed by atoms with Crippen molar-refractivity contribution < 1.29 is 14.9 Å². The Morgan fingerprint density at radius 2 is 2.14 bits per heavy atom. The maximum atomic E-state index is 11.0. The van der Waals surface area contributed by atoms with Gasteiger partial charge < -0.3 is 25.2 Å². The Kier molecular flexibility index (Phi) is 5.70. The lowest BCUT2D eigenvalue weighted by atomic mass is 9.85. The number of aliphatic hydroxyl groups excluding tert-OH is 1. The predicted molar refractivity (Wildman–Crippen MR) is 105 cm³/mol. The lowest BCUT2D eigenvalue weighted by molar-refractivity contribution is 0.0113. The Bertz CT molecular complexity index is 775. The molecule has 3 N–H and O–H groups in total. The first kappa shape index (κ1) is 19.0. The van der Waals surface area contributed by atoms with Crippen molar-refractivity contribution in [3.05, 3.63) is 41.9 Å². The van der Waals surface area contributed by atoms with Crippen LogP contribution in [0.2, 0.25) is 0 Å². The molecule has 4 heterocycles. The van der Waals surface area contributed by atoms with E-state index < -0.39 is 5.60 Å². The van der Waals surface area contributed by atoms with Gasteiger partial charge in [-0.2, -0.15) is 4.98 Å². The van der Waals surface area contributed by atoms with E-state index in [0.717, 1.165) is 30.1 Å². The van der Waals surface area contributed by atoms with E-state index in [1.807, 2.05) is 18.2 Å². The van der Waals surface area contributed by atoms with Gasteiger partial charge in [-0.1, -0.05) is 6.07 Å². The molecule has 8 nitrogen and oxygen atoms in total. The van der Waals surface area contributed by atoms with E-state index >= 15 is 0 Å². The van der Waals surface area contributed by atoms with Gasteiger partial charge in [-0.25, -0.2) is 4.98 Å². The van der Waals surface area contributed by atoms with Crippen LogP contribution in [0.4, 0.5) is 11.8 Å². The summed E-state index contributed by atoms with van der Waals surface area (Å²) in [4.78, 5) is 15.6. The normalized spacial score (nSPS) is 21.6. The maximum Gasteiger partial charge on any atom is 0.224 e. The first-order chi connectivity index (χ1) is 13.7. The molecule has 4 rings (SSSR count). The number of piperidine rings is 1. The summed E-state index contributed by atoms with van der Waals surface area (Å²) in [7, 11) is 0. The van der Waals surface area contributed by atoms with Crippen molar-refractivity contribution >= 4 is 11.8 Å². The average Bonchev–Trinajstić information content (AvgIpc) is 3.28. The van der Waals surface area contributed by atoms with Crippen molar-refractivity contribution in [2.75, 3.05) is 49.7 Å². The van der Waals surface area contributed by atoms with Gasteiger partial charge in [-0.05, 0) is 25.3 Å². The van der Waals surface area contributed by atoms with Crippen LogP contribution in [-0.2, 0) is 10.3 Å². The molecular weight excluding hydrogens is 358 g/mol. The van der Waals surface area contributed by atoms with Gasteiger partial charge in [0.15, 0.2) is 0 Å². The van der Waals surface area contributed by atoms with E-state index in [0.29, 0.717) is 45.0 Å². The number of rotatable bonds is 6. The zero-order valence-electron chi connectivity index (χ0n) is 15.9. The molecule has 0 bridgehead atoms. The second-order valence-corrected chi connectivity index (χ2v) is 7.45. The summed E-state index contributed by atoms with van der Waals surface area (Å²) in [5.74, 6) is 1.65. The predicted octanol–water partition coefficient (Wildman–Crippen LogP) is 1.27. The summed E-state index contributed by atoms with van der Waals surface area (Å²) in [6, 6.07) is 5.83. The Balaban J connectivity index is 1.52. The van der Waals surface area contributed by atoms with Crippen molar-refractivity contribution in [1.82, 2.24) is 15.0 Å². The summed E-state index contributed by atoms with van der Waals surface area (Å²) in [5.41, 5.74) is 0.986. The van der Waals surface area contributed by atoms with E-state index in [1.54, 1.807) is 12.4 Å². The van der Waals surface area contributed by atoms with Gasteiger partial charge in [-0.15, -0.1) is 0 Å². The third-order valence-electron chi connectivity index (χ3n) is 5.59. The van der Waals surface area contributed by atoms with E-state index in [4.69, 9.17) is 9.84 Å². The van der Waals surface area contributed by atoms with E-state index in [9.17, 15) is 5.11 Å². The van der Waals surface area contributed by atoms with Crippen molar-refractivity contribution in [3.63, 3.8) is 0 Å². The smallest absolute Gasteiger partial charge is 0.224 e. The molecule has 0 saturated carbocycles. The summed E-state index contributed by atoms with van der Waals surface area (Å²) in [5, 5.41) is 23.2. The van der Waals surface area contributed by atoms with Crippen molar-refractivity contribution in [3.8, 4) is 0 Å². The quantitative estimate of drug-likeness (QED) is 0.683. The Labute approximate surface area is 164 Å². The fourth-order valence-corrected chi connectivity index (χ4v) is 3.87. The molecule has 2 fully saturated rings. The molecule has 8 heteroatoms. The molecule has 0 spiro atoms. The second-order valence-electron chi connectivity index (χ2n) is 7.45. The molecule has 2 aromatic rings. The first-order valence-corrected chi connectivity index (χ1v) is 9.87. The third kappa shape index (κ3) is 4.09. The van der Waals surface area contributed by atoms with Crippen LogP contribution in [0.25, 0.3) is 0 Å². The highest BCUT2D eigenvalue weighted by Gasteiger charge is 2.35. The number of hydrogen-bond donors (Lipinski definition) is 3. The molecule has 2 aliphatic rings. The SMILES string of the molecule is OCCNc1nc(C2CCOC2)cc(N2CCC(O)(c3cccnc3)CC2)n1. The Morgan fingerprint density at radius 1 is 1.29 bits per heavy atom. The van der Waals surface area contributed by atoms with Gasteiger partial charge >= 0.3 is 0 Å². The van der Waals surface area contributed by atoms with E-state index in [-0.39, 0.29) is 12.5 Å². The van der Waals surface area contributed by atoms with Crippen LogP contribution in [0.5, 0.6) is 0 Å². The highest BCUT2D eigenvalue weighted by Crippen LogP contribution is 2.35. The largest absolute Gasteiger partial charge is 0.395 e. The topological polar surface area (TPSA) is 104 Å². The number of aliphatic hydroxyl groups is 2. The molecule has 1 unspecified atom stereocenters. The minimum atomic E-state index is -0.849. The molecule has 0 aliphatic carbocycles. The van der Waals surface area contributed by atoms with Gasteiger partial charge in [0, 0.05) is 56.2 Å². The minimum absolute atomic E-state index is 0.0251. The average molecular weight is 385 g/mol. The van der Waals surface area contributed by atoms with Gasteiger partial charge in [0.25, 0.3) is 0 Å². The molecule has 28 heavy (non-hydrogen) atoms. The summed E-state index contributed by atoms with van der Waals surface area (Å²) in [6.45, 7) is 3.26. The maximum absolute atomic E-state index is 11.0. The van der Waals surface area contributed by atoms with Crippen LogP contribution in [0.3, 0.4) is 0 Å². The minimum Gasteiger partial charge on any atom is -0.395 e. The molecule has 2 aliphatic heterocycles. The lowest BCUT2D eigenvalue weighted by Gasteiger charge is -2.39. The number of nitrogens with zero attached hydrogens (tertiary/aromatic N) is 4. The highest BCUT2D eigenvalue weighted by molar-refractivity contribution is 5.46. The molecule has 0 radical (unpaired) electrons. The van der Waals surface area contributed by atoms with Crippen molar-refractivity contribution in [2.24, 2.45) is 0 Å². The summed E-state index contributed by atoms with van der Waals surface area (Å²) in [6.07, 6.45) is 5.65. The zero-order valence-corrected chi connectivity index (χ0v) is 15.9. The number of nitrogens with one attached hydrogen (secondary N) is 1. The number of pyridine rings is 1. The number of aromatic nitrogens is 3. The molecular formula is C20H27N5O3. The van der Waals surface area contributed by atoms with Gasteiger partial charge in [-0.3, -0.25) is 4.98 Å². The molecule has 1 atom stereocenters. The van der Waals surface area contributed by atoms with E-state index in [2.05, 4.69) is 25.2 Å². The molecule has 2 aromatic heterocycles. The molecule has 0 amide bonds. The number of anilines is 2. The standard InChI is InChI=1S/C20H27N5O3/c26-10-7-22-19-23-17(15-3-11-28-14-15)12-18(24-19)25-8-4-20(27,5-9-25)16-2-1-6-21-13-16/h1-2,6,12-13,15,26-27H,3-5,7-11,14H2,(H,22,23,24). The third-order valence-corrected chi connectivity index (χ3v) is 5.59. The van der Waals surface area contributed by atoms with Crippen LogP contribution < -0.4 is 10.2 Å². The van der Waals surface area contributed by atoms with Crippen LogP contribution in [-0.4, -0.2) is 64.6 Å². The summed E-state index contributed by atoms with van der Waals surface area (Å²) >= 11 is 0. The molecule has 150 valence electrons. The fourth-order valence-electron chi connectivity index (χ4n) is 3.87. The highest BCUT2D eigenvalue weighted by atomic mass is 16.5. The Morgan fingerprint density at radius 3 is 2.82 bits per heavy atom. The summed E-state index contributed by atoms with van der Waals surface area (Å²) < 4.78 is 5.52. The number of hydrogen-bond acceptors (Lipinski definition) is 8. The zero-order chi connectivity index (χ0) is 19.4. The fraction of sp³-hybridized carbons (Fsp3) is 0.550. The molecule has 0 aromatic carbocycles. The first-order valence-electron chi connectivity index (χ1n) is 9.87. The number of ether oxygens (including phenoxy) is 1. The van der Waals surface area contributed by atoms with Gasteiger partial charge in [0.2, 0.25) is 5.95 Å².